The number of alkyl halides is 3. The number of ether oxygens (including phenoxy) is 1. The van der Waals surface area contributed by atoms with E-state index in [0.717, 1.165) is 25.7 Å². The Morgan fingerprint density at radius 1 is 1.14 bits per heavy atom. The Labute approximate surface area is 170 Å². The predicted molar refractivity (Wildman–Crippen MR) is 101 cm³/mol. The zero-order chi connectivity index (χ0) is 20.7. The van der Waals surface area contributed by atoms with E-state index in [4.69, 9.17) is 0 Å². The van der Waals surface area contributed by atoms with E-state index in [9.17, 15) is 18.0 Å². The molecule has 0 saturated heterocycles. The van der Waals surface area contributed by atoms with E-state index in [1.807, 2.05) is 0 Å². The summed E-state index contributed by atoms with van der Waals surface area (Å²) < 4.78 is 42.0. The van der Waals surface area contributed by atoms with Crippen molar-refractivity contribution in [1.29, 1.82) is 0 Å². The first-order valence-corrected chi connectivity index (χ1v) is 10.5. The van der Waals surface area contributed by atoms with Crippen molar-refractivity contribution in [2.24, 2.45) is 0 Å². The van der Waals surface area contributed by atoms with Crippen LogP contribution in [-0.2, 0) is 4.79 Å². The van der Waals surface area contributed by atoms with Gasteiger partial charge < -0.3 is 10.1 Å². The first-order chi connectivity index (χ1) is 13.9. The van der Waals surface area contributed by atoms with Gasteiger partial charge in [-0.05, 0) is 47.5 Å². The van der Waals surface area contributed by atoms with Crippen molar-refractivity contribution in [1.82, 2.24) is 25.5 Å². The molecular formula is C18H22F3N5O2S. The maximum atomic E-state index is 12.3. The Bertz CT molecular complexity index is 790. The molecule has 1 saturated carbocycles. The number of benzene rings is 1. The Morgan fingerprint density at radius 3 is 2.45 bits per heavy atom. The summed E-state index contributed by atoms with van der Waals surface area (Å²) in [6.45, 7) is 0. The first kappa shape index (κ1) is 21.4. The van der Waals surface area contributed by atoms with E-state index >= 15 is 0 Å². The van der Waals surface area contributed by atoms with Crippen LogP contribution in [0.1, 0.15) is 44.9 Å². The van der Waals surface area contributed by atoms with E-state index in [-0.39, 0.29) is 23.5 Å². The van der Waals surface area contributed by atoms with Crippen molar-refractivity contribution in [3.05, 3.63) is 24.3 Å². The van der Waals surface area contributed by atoms with E-state index in [1.54, 1.807) is 0 Å². The molecule has 0 bridgehead atoms. The van der Waals surface area contributed by atoms with Crippen LogP contribution >= 0.6 is 11.8 Å². The lowest BCUT2D eigenvalue weighted by molar-refractivity contribution is -0.274. The van der Waals surface area contributed by atoms with Crippen LogP contribution in [-0.4, -0.2) is 44.3 Å². The summed E-state index contributed by atoms with van der Waals surface area (Å²) in [5.74, 6) is -0.252. The highest BCUT2D eigenvalue weighted by Gasteiger charge is 2.31. The van der Waals surface area contributed by atoms with Gasteiger partial charge in [-0.25, -0.2) is 0 Å². The molecule has 158 valence electrons. The van der Waals surface area contributed by atoms with Gasteiger partial charge in [0.05, 0.1) is 11.4 Å². The quantitative estimate of drug-likeness (QED) is 0.702. The molecule has 1 aromatic heterocycles. The number of hydrogen-bond acceptors (Lipinski definition) is 6. The lowest BCUT2D eigenvalue weighted by atomic mass is 9.97. The number of amides is 1. The number of carbonyl (C=O) groups excluding carboxylic acids is 1. The van der Waals surface area contributed by atoms with Crippen LogP contribution in [0.3, 0.4) is 0 Å². The summed E-state index contributed by atoms with van der Waals surface area (Å²) in [5.41, 5.74) is 0.465. The minimum Gasteiger partial charge on any atom is -0.406 e. The average Bonchev–Trinajstić information content (AvgIpc) is 3.10. The highest BCUT2D eigenvalue weighted by molar-refractivity contribution is 7.99. The molecule has 1 aliphatic carbocycles. The number of aromatic nitrogens is 4. The summed E-state index contributed by atoms with van der Waals surface area (Å²) in [6.07, 6.45) is 3.20. The Hall–Kier alpha value is -2.30. The molecule has 7 nitrogen and oxygen atoms in total. The van der Waals surface area contributed by atoms with Crippen LogP contribution in [0.15, 0.2) is 29.4 Å². The minimum atomic E-state index is -4.75. The summed E-state index contributed by atoms with van der Waals surface area (Å²) >= 11 is 1.17. The smallest absolute Gasteiger partial charge is 0.406 e. The molecule has 1 amide bonds. The van der Waals surface area contributed by atoms with E-state index < -0.39 is 6.36 Å². The van der Waals surface area contributed by atoms with Crippen molar-refractivity contribution in [2.75, 3.05) is 5.75 Å². The third-order valence-electron chi connectivity index (χ3n) is 4.56. The molecule has 1 heterocycles. The second-order valence-corrected chi connectivity index (χ2v) is 7.76. The fraction of sp³-hybridized carbons (Fsp3) is 0.556. The zero-order valence-electron chi connectivity index (χ0n) is 15.7. The van der Waals surface area contributed by atoms with Gasteiger partial charge in [-0.1, -0.05) is 43.9 Å². The van der Waals surface area contributed by atoms with Gasteiger partial charge in [0.1, 0.15) is 5.75 Å². The van der Waals surface area contributed by atoms with Gasteiger partial charge >= 0.3 is 6.36 Å². The number of nitrogens with zero attached hydrogens (tertiary/aromatic N) is 4. The molecular weight excluding hydrogens is 407 g/mol. The van der Waals surface area contributed by atoms with Crippen LogP contribution in [0.25, 0.3) is 5.69 Å². The second-order valence-electron chi connectivity index (χ2n) is 6.81. The molecule has 3 rings (SSSR count). The molecule has 0 atom stereocenters. The Kier molecular flexibility index (Phi) is 7.34. The fourth-order valence-electron chi connectivity index (χ4n) is 3.22. The number of tetrazole rings is 1. The van der Waals surface area contributed by atoms with Crippen molar-refractivity contribution in [3.63, 3.8) is 0 Å². The summed E-state index contributed by atoms with van der Waals surface area (Å²) in [5, 5.41) is 14.8. The molecule has 1 fully saturated rings. The third-order valence-corrected chi connectivity index (χ3v) is 5.48. The van der Waals surface area contributed by atoms with Crippen molar-refractivity contribution >= 4 is 17.7 Å². The van der Waals surface area contributed by atoms with Crippen molar-refractivity contribution in [2.45, 2.75) is 62.5 Å². The van der Waals surface area contributed by atoms with Crippen LogP contribution in [0.5, 0.6) is 5.75 Å². The highest BCUT2D eigenvalue weighted by atomic mass is 32.2. The fourth-order valence-corrected chi connectivity index (χ4v) is 3.92. The number of hydrogen-bond donors (Lipinski definition) is 1. The zero-order valence-corrected chi connectivity index (χ0v) is 16.5. The third kappa shape index (κ3) is 6.91. The lowest BCUT2D eigenvalue weighted by Crippen LogP contribution is -2.36. The summed E-state index contributed by atoms with van der Waals surface area (Å²) in [7, 11) is 0. The number of nitrogens with one attached hydrogen (secondary N) is 1. The molecule has 0 unspecified atom stereocenters. The maximum Gasteiger partial charge on any atom is 0.573 e. The van der Waals surface area contributed by atoms with Crippen LogP contribution < -0.4 is 10.1 Å². The van der Waals surface area contributed by atoms with Crippen molar-refractivity contribution < 1.29 is 22.7 Å². The number of rotatable bonds is 6. The van der Waals surface area contributed by atoms with Gasteiger partial charge in [-0.3, -0.25) is 4.79 Å². The van der Waals surface area contributed by atoms with Gasteiger partial charge in [0.2, 0.25) is 11.1 Å². The average molecular weight is 429 g/mol. The standard InChI is InChI=1S/C18H22F3N5O2S/c19-18(20,21)28-15-10-8-14(9-11-15)26-17(23-24-25-26)29-12-16(27)22-13-6-4-2-1-3-5-7-13/h8-11,13H,1-7,12H2,(H,22,27). The number of halogens is 3. The lowest BCUT2D eigenvalue weighted by Gasteiger charge is -2.20. The number of carbonyl (C=O) groups is 1. The molecule has 1 aromatic carbocycles. The second kappa shape index (κ2) is 9.95. The van der Waals surface area contributed by atoms with Gasteiger partial charge in [0, 0.05) is 6.04 Å². The Balaban J connectivity index is 1.55. The minimum absolute atomic E-state index is 0.0796. The monoisotopic (exact) mass is 429 g/mol. The van der Waals surface area contributed by atoms with Crippen LogP contribution in [0, 0.1) is 0 Å². The largest absolute Gasteiger partial charge is 0.573 e. The molecule has 1 N–H and O–H groups in total. The van der Waals surface area contributed by atoms with Crippen LogP contribution in [0.4, 0.5) is 13.2 Å². The molecule has 1 aliphatic rings. The van der Waals surface area contributed by atoms with Crippen molar-refractivity contribution in [3.8, 4) is 11.4 Å². The molecule has 11 heteroatoms. The van der Waals surface area contributed by atoms with Gasteiger partial charge in [0.25, 0.3) is 0 Å². The van der Waals surface area contributed by atoms with Crippen LogP contribution in [0.2, 0.25) is 0 Å². The summed E-state index contributed by atoms with van der Waals surface area (Å²) in [6, 6.07) is 5.40. The van der Waals surface area contributed by atoms with E-state index in [2.05, 4.69) is 25.6 Å². The normalized spacial score (nSPS) is 16.1. The van der Waals surface area contributed by atoms with Gasteiger partial charge in [0.15, 0.2) is 0 Å². The molecule has 0 radical (unpaired) electrons. The van der Waals surface area contributed by atoms with Gasteiger partial charge in [-0.2, -0.15) is 4.68 Å². The maximum absolute atomic E-state index is 12.3. The molecule has 2 aromatic rings. The predicted octanol–water partition coefficient (Wildman–Crippen LogP) is 3.88. The molecule has 0 spiro atoms. The van der Waals surface area contributed by atoms with E-state index in [1.165, 1.54) is 60.0 Å². The highest BCUT2D eigenvalue weighted by Crippen LogP contribution is 2.25. The SMILES string of the molecule is O=C(CSc1nnnn1-c1ccc(OC(F)(F)F)cc1)NC1CCCCCCC1. The van der Waals surface area contributed by atoms with E-state index in [0.29, 0.717) is 10.8 Å². The summed E-state index contributed by atoms with van der Waals surface area (Å²) in [4.78, 5) is 12.3. The molecule has 29 heavy (non-hydrogen) atoms. The Morgan fingerprint density at radius 2 is 1.79 bits per heavy atom. The molecule has 0 aliphatic heterocycles. The topological polar surface area (TPSA) is 81.9 Å². The first-order valence-electron chi connectivity index (χ1n) is 9.47. The number of thioether (sulfide) groups is 1. The van der Waals surface area contributed by atoms with Gasteiger partial charge in [-0.15, -0.1) is 18.3 Å².